The second-order valence-corrected chi connectivity index (χ2v) is 6.59. The van der Waals surface area contributed by atoms with Crippen LogP contribution in [0.2, 0.25) is 0 Å². The zero-order chi connectivity index (χ0) is 18.5. The monoisotopic (exact) mass is 347 g/mol. The molecule has 0 bridgehead atoms. The lowest BCUT2D eigenvalue weighted by Crippen LogP contribution is -2.38. The number of carbonyl (C=O) groups excluding carboxylic acids is 1. The molecule has 0 N–H and O–H groups in total. The molecule has 0 saturated carbocycles. The van der Waals surface area contributed by atoms with Crippen molar-refractivity contribution >= 4 is 5.91 Å². The van der Waals surface area contributed by atoms with Crippen molar-refractivity contribution in [2.45, 2.75) is 39.8 Å². The van der Waals surface area contributed by atoms with Gasteiger partial charge in [0.05, 0.1) is 5.69 Å². The summed E-state index contributed by atoms with van der Waals surface area (Å²) in [7, 11) is 0. The van der Waals surface area contributed by atoms with Crippen LogP contribution >= 0.6 is 0 Å². The summed E-state index contributed by atoms with van der Waals surface area (Å²) < 4.78 is 1.82. The molecule has 2 aromatic carbocycles. The van der Waals surface area contributed by atoms with E-state index >= 15 is 0 Å². The maximum atomic E-state index is 13.2. The van der Waals surface area contributed by atoms with Crippen LogP contribution in [0.3, 0.4) is 0 Å². The minimum Gasteiger partial charge on any atom is -0.330 e. The second-order valence-electron chi connectivity index (χ2n) is 6.59. The third-order valence-electron chi connectivity index (χ3n) is 4.69. The number of aryl methyl sites for hydroxylation is 1. The fourth-order valence-electron chi connectivity index (χ4n) is 2.98. The number of hydrogen-bond donors (Lipinski definition) is 0. The first-order valence-corrected chi connectivity index (χ1v) is 9.07. The molecule has 4 nitrogen and oxygen atoms in total. The minimum atomic E-state index is -0.0269. The van der Waals surface area contributed by atoms with Gasteiger partial charge in [-0.05, 0) is 44.0 Å². The van der Waals surface area contributed by atoms with Crippen molar-refractivity contribution in [2.24, 2.45) is 0 Å². The van der Waals surface area contributed by atoms with Crippen LogP contribution in [0.15, 0.2) is 66.7 Å². The first-order chi connectivity index (χ1) is 12.6. The van der Waals surface area contributed by atoms with Crippen LogP contribution in [-0.4, -0.2) is 26.6 Å². The van der Waals surface area contributed by atoms with E-state index in [0.717, 1.165) is 23.4 Å². The van der Waals surface area contributed by atoms with Crippen molar-refractivity contribution < 1.29 is 4.79 Å². The largest absolute Gasteiger partial charge is 0.330 e. The van der Waals surface area contributed by atoms with Crippen LogP contribution in [0.4, 0.5) is 0 Å². The predicted octanol–water partition coefficient (Wildman–Crippen LogP) is 4.62. The fraction of sp³-hybridized carbons (Fsp3) is 0.273. The predicted molar refractivity (Wildman–Crippen MR) is 104 cm³/mol. The molecular formula is C22H25N3O. The molecule has 0 fully saturated rings. The van der Waals surface area contributed by atoms with Gasteiger partial charge in [-0.25, -0.2) is 4.68 Å². The maximum absolute atomic E-state index is 13.2. The lowest BCUT2D eigenvalue weighted by Gasteiger charge is -2.28. The van der Waals surface area contributed by atoms with Gasteiger partial charge in [-0.15, -0.1) is 0 Å². The van der Waals surface area contributed by atoms with Gasteiger partial charge in [0.25, 0.3) is 5.91 Å². The zero-order valence-electron chi connectivity index (χ0n) is 15.6. The van der Waals surface area contributed by atoms with E-state index in [4.69, 9.17) is 0 Å². The molecule has 0 saturated heterocycles. The van der Waals surface area contributed by atoms with E-state index in [1.54, 1.807) is 0 Å². The van der Waals surface area contributed by atoms with E-state index in [9.17, 15) is 4.79 Å². The van der Waals surface area contributed by atoms with E-state index in [-0.39, 0.29) is 11.9 Å². The molecule has 1 heterocycles. The molecule has 3 rings (SSSR count). The summed E-state index contributed by atoms with van der Waals surface area (Å²) in [6.07, 6.45) is 0.900. The lowest BCUT2D eigenvalue weighted by atomic mass is 10.1. The smallest absolute Gasteiger partial charge is 0.274 e. The summed E-state index contributed by atoms with van der Waals surface area (Å²) in [6, 6.07) is 22.0. The highest BCUT2D eigenvalue weighted by Gasteiger charge is 2.23. The number of amides is 1. The number of nitrogens with zero attached hydrogens (tertiary/aromatic N) is 3. The minimum absolute atomic E-state index is 0.0269. The van der Waals surface area contributed by atoms with Crippen LogP contribution in [0.1, 0.15) is 42.0 Å². The number of para-hydroxylation sites is 1. The summed E-state index contributed by atoms with van der Waals surface area (Å²) in [5.74, 6) is -0.0269. The molecule has 0 spiro atoms. The van der Waals surface area contributed by atoms with E-state index < -0.39 is 0 Å². The van der Waals surface area contributed by atoms with Crippen LogP contribution in [0.5, 0.6) is 0 Å². The standard InChI is InChI=1S/C22H25N3O/c1-4-17(2)24(16-19-11-7-5-8-12-19)22(26)21-15-18(3)25(23-21)20-13-9-6-10-14-20/h5-15,17H,4,16H2,1-3H3. The molecule has 0 radical (unpaired) electrons. The number of rotatable bonds is 6. The van der Waals surface area contributed by atoms with Gasteiger partial charge in [-0.3, -0.25) is 4.79 Å². The molecule has 0 aliphatic rings. The molecule has 0 aliphatic carbocycles. The Kier molecular flexibility index (Phi) is 5.52. The highest BCUT2D eigenvalue weighted by molar-refractivity contribution is 5.92. The number of carbonyl (C=O) groups is 1. The Labute approximate surface area is 155 Å². The average Bonchev–Trinajstić information content (AvgIpc) is 3.08. The molecule has 1 amide bonds. The topological polar surface area (TPSA) is 38.1 Å². The molecule has 0 aliphatic heterocycles. The number of hydrogen-bond acceptors (Lipinski definition) is 2. The first kappa shape index (κ1) is 17.9. The lowest BCUT2D eigenvalue weighted by molar-refractivity contribution is 0.0665. The van der Waals surface area contributed by atoms with Gasteiger partial charge in [-0.2, -0.15) is 5.10 Å². The van der Waals surface area contributed by atoms with Crippen LogP contribution < -0.4 is 0 Å². The van der Waals surface area contributed by atoms with Gasteiger partial charge in [0.2, 0.25) is 0 Å². The van der Waals surface area contributed by atoms with Gasteiger partial charge >= 0.3 is 0 Å². The maximum Gasteiger partial charge on any atom is 0.274 e. The summed E-state index contributed by atoms with van der Waals surface area (Å²) in [5, 5.41) is 4.58. The highest BCUT2D eigenvalue weighted by Crippen LogP contribution is 2.17. The molecule has 26 heavy (non-hydrogen) atoms. The van der Waals surface area contributed by atoms with Crippen molar-refractivity contribution in [3.05, 3.63) is 83.7 Å². The van der Waals surface area contributed by atoms with Crippen molar-refractivity contribution in [3.63, 3.8) is 0 Å². The molecule has 1 atom stereocenters. The Morgan fingerprint density at radius 3 is 2.31 bits per heavy atom. The van der Waals surface area contributed by atoms with E-state index in [1.165, 1.54) is 0 Å². The summed E-state index contributed by atoms with van der Waals surface area (Å²) in [4.78, 5) is 15.1. The fourth-order valence-corrected chi connectivity index (χ4v) is 2.98. The second kappa shape index (κ2) is 8.00. The van der Waals surface area contributed by atoms with Gasteiger partial charge in [0.1, 0.15) is 0 Å². The highest BCUT2D eigenvalue weighted by atomic mass is 16.2. The Morgan fingerprint density at radius 2 is 1.69 bits per heavy atom. The summed E-state index contributed by atoms with van der Waals surface area (Å²) >= 11 is 0. The number of aromatic nitrogens is 2. The first-order valence-electron chi connectivity index (χ1n) is 9.07. The van der Waals surface area contributed by atoms with Crippen LogP contribution in [0.25, 0.3) is 5.69 Å². The number of benzene rings is 2. The molecule has 1 unspecified atom stereocenters. The van der Waals surface area contributed by atoms with E-state index in [2.05, 4.69) is 31.1 Å². The van der Waals surface area contributed by atoms with Gasteiger partial charge in [-0.1, -0.05) is 55.5 Å². The van der Waals surface area contributed by atoms with Crippen LogP contribution in [-0.2, 0) is 6.54 Å². The molecule has 4 heteroatoms. The van der Waals surface area contributed by atoms with Crippen molar-refractivity contribution in [3.8, 4) is 5.69 Å². The third kappa shape index (κ3) is 3.85. The molecular weight excluding hydrogens is 322 g/mol. The van der Waals surface area contributed by atoms with Gasteiger partial charge in [0.15, 0.2) is 5.69 Å². The van der Waals surface area contributed by atoms with E-state index in [1.807, 2.05) is 71.1 Å². The Hall–Kier alpha value is -2.88. The summed E-state index contributed by atoms with van der Waals surface area (Å²) in [5.41, 5.74) is 3.52. The zero-order valence-corrected chi connectivity index (χ0v) is 15.6. The average molecular weight is 347 g/mol. The Bertz CT molecular complexity index is 856. The van der Waals surface area contributed by atoms with Crippen molar-refractivity contribution in [1.82, 2.24) is 14.7 Å². The summed E-state index contributed by atoms with van der Waals surface area (Å²) in [6.45, 7) is 6.75. The Morgan fingerprint density at radius 1 is 1.08 bits per heavy atom. The van der Waals surface area contributed by atoms with Crippen molar-refractivity contribution in [2.75, 3.05) is 0 Å². The normalized spacial score (nSPS) is 12.0. The molecule has 134 valence electrons. The molecule has 1 aromatic heterocycles. The van der Waals surface area contributed by atoms with Crippen molar-refractivity contribution in [1.29, 1.82) is 0 Å². The quantitative estimate of drug-likeness (QED) is 0.652. The third-order valence-corrected chi connectivity index (χ3v) is 4.69. The van der Waals surface area contributed by atoms with Gasteiger partial charge < -0.3 is 4.90 Å². The van der Waals surface area contributed by atoms with Gasteiger partial charge in [0, 0.05) is 18.3 Å². The van der Waals surface area contributed by atoms with Crippen LogP contribution in [0, 0.1) is 6.92 Å². The Balaban J connectivity index is 1.90. The SMILES string of the molecule is CCC(C)N(Cc1ccccc1)C(=O)c1cc(C)n(-c2ccccc2)n1. The molecule has 3 aromatic rings. The van der Waals surface area contributed by atoms with E-state index in [0.29, 0.717) is 12.2 Å².